The van der Waals surface area contributed by atoms with Crippen molar-refractivity contribution in [2.45, 2.75) is 69.9 Å². The molecule has 0 saturated carbocycles. The van der Waals surface area contributed by atoms with Gasteiger partial charge in [-0.1, -0.05) is 78.7 Å². The number of hydrogen-bond donors (Lipinski definition) is 2. The minimum Gasteiger partial charge on any atom is -0.460 e. The molecule has 0 aromatic heterocycles. The molecule has 2 aromatic rings. The number of amides is 3. The molecular formula is C35H40BrN3O7. The average Bonchev–Trinajstić information content (AvgIpc) is 3.64. The van der Waals surface area contributed by atoms with Crippen molar-refractivity contribution in [2.75, 3.05) is 24.6 Å². The van der Waals surface area contributed by atoms with Crippen molar-refractivity contribution >= 4 is 56.1 Å². The molecule has 0 radical (unpaired) electrons. The Balaban J connectivity index is 1.51. The van der Waals surface area contributed by atoms with Crippen LogP contribution in [-0.4, -0.2) is 83.3 Å². The summed E-state index contributed by atoms with van der Waals surface area (Å²) in [5.74, 6) is -3.83. The van der Waals surface area contributed by atoms with Gasteiger partial charge in [0.05, 0.1) is 25.1 Å². The maximum absolute atomic E-state index is 15.1. The summed E-state index contributed by atoms with van der Waals surface area (Å²) in [6.07, 6.45) is 5.35. The summed E-state index contributed by atoms with van der Waals surface area (Å²) in [6, 6.07) is 11.8. The molecule has 4 aliphatic heterocycles. The maximum Gasteiger partial charge on any atom is 0.313 e. The van der Waals surface area contributed by atoms with Crippen LogP contribution in [0.1, 0.15) is 40.0 Å². The highest BCUT2D eigenvalue weighted by Gasteiger charge is 2.75. The lowest BCUT2D eigenvalue weighted by Crippen LogP contribution is -2.59. The van der Waals surface area contributed by atoms with Crippen molar-refractivity contribution in [3.8, 4) is 0 Å². The van der Waals surface area contributed by atoms with Crippen molar-refractivity contribution in [1.29, 1.82) is 0 Å². The molecule has 4 heterocycles. The Morgan fingerprint density at radius 2 is 1.85 bits per heavy atom. The second-order valence-corrected chi connectivity index (χ2v) is 13.7. The minimum absolute atomic E-state index is 0.122. The van der Waals surface area contributed by atoms with Gasteiger partial charge in [-0.2, -0.15) is 0 Å². The number of allylic oxidation sites excluding steroid dienone is 1. The predicted octanol–water partition coefficient (Wildman–Crippen LogP) is 3.85. The molecule has 10 nitrogen and oxygen atoms in total. The Bertz CT molecular complexity index is 1610. The monoisotopic (exact) mass is 693 g/mol. The first-order valence-corrected chi connectivity index (χ1v) is 16.8. The fraction of sp³-hybridized carbons (Fsp3) is 0.486. The number of esters is 1. The molecule has 2 fully saturated rings. The van der Waals surface area contributed by atoms with Gasteiger partial charge in [-0.25, -0.2) is 0 Å². The number of carbonyl (C=O) groups excluding carboxylic acids is 4. The number of nitrogens with one attached hydrogen (secondary N) is 1. The topological polar surface area (TPSA) is 125 Å². The summed E-state index contributed by atoms with van der Waals surface area (Å²) >= 11 is 3.58. The van der Waals surface area contributed by atoms with Gasteiger partial charge in [0.25, 0.3) is 5.91 Å². The Labute approximate surface area is 276 Å². The number of benzene rings is 2. The predicted molar refractivity (Wildman–Crippen MR) is 176 cm³/mol. The highest BCUT2D eigenvalue weighted by molar-refractivity contribution is 9.11. The third kappa shape index (κ3) is 5.46. The van der Waals surface area contributed by atoms with Gasteiger partial charge in [-0.15, -0.1) is 0 Å². The van der Waals surface area contributed by atoms with Gasteiger partial charge in [-0.05, 0) is 48.2 Å². The molecule has 4 aliphatic rings. The third-order valence-electron chi connectivity index (χ3n) is 9.92. The Hall–Kier alpha value is -3.54. The van der Waals surface area contributed by atoms with Gasteiger partial charge in [0.2, 0.25) is 11.8 Å². The summed E-state index contributed by atoms with van der Waals surface area (Å²) in [6.45, 7) is 5.53. The number of hydrogen-bond acceptors (Lipinski definition) is 7. The Morgan fingerprint density at radius 3 is 2.59 bits per heavy atom. The lowest BCUT2D eigenvalue weighted by Gasteiger charge is -2.40. The van der Waals surface area contributed by atoms with Crippen LogP contribution >= 0.6 is 15.9 Å². The number of likely N-dealkylation sites (tertiary alicyclic amines) is 1. The number of aliphatic hydroxyl groups is 1. The molecule has 2 aromatic carbocycles. The van der Waals surface area contributed by atoms with Crippen LogP contribution in [0.5, 0.6) is 0 Å². The lowest BCUT2D eigenvalue weighted by atomic mass is 9.74. The zero-order chi connectivity index (χ0) is 32.7. The average molecular weight is 695 g/mol. The minimum atomic E-state index is -1.47. The van der Waals surface area contributed by atoms with E-state index in [0.29, 0.717) is 23.0 Å². The first-order valence-electron chi connectivity index (χ1n) is 16.0. The van der Waals surface area contributed by atoms with E-state index < -0.39 is 53.6 Å². The second kappa shape index (κ2) is 12.9. The standard InChI is InChI=1S/C35H40BrN3O7/c1-4-20(2)26(19-40)39-31-33(43)38(24-14-13-22-10-7-8-11-23(22)16-24)15-9-5-6-12-27(41)37-18-21(3)45-34(44)28-29(32(39)42)35(31)17-25(36)30(28)46-35/h5,7-11,13-14,16-17,20-21,26,28-31,40H,4,6,12,15,18-19H2,1-3H3,(H,37,41)/b9-5-/t20-,21+,26-,28-,29+,30-,31-,35+/m0/s1. The number of rotatable bonds is 5. The summed E-state index contributed by atoms with van der Waals surface area (Å²) in [4.78, 5) is 59.2. The molecule has 8 atom stereocenters. The number of carbonyl (C=O) groups is 4. The number of fused-ring (bicyclic) bond motifs is 3. The SMILES string of the molecule is CC[C@H](C)[C@H](CO)N1C(=O)[C@H]2[C@@H]3C(=O)O[C@H](C)CNC(=O)CC/C=C\CN(c4ccc5ccccc5c4)C(=O)[C@H]1[C@@]21C=C(Br)[C@@H]3O1. The number of anilines is 1. The Morgan fingerprint density at radius 1 is 1.09 bits per heavy atom. The highest BCUT2D eigenvalue weighted by Crippen LogP contribution is 2.59. The van der Waals surface area contributed by atoms with Crippen LogP contribution < -0.4 is 10.2 Å². The first-order chi connectivity index (χ1) is 22.1. The lowest BCUT2D eigenvalue weighted by molar-refractivity contribution is -0.159. The molecule has 2 saturated heterocycles. The maximum atomic E-state index is 15.1. The number of aliphatic hydroxyl groups excluding tert-OH is 1. The summed E-state index contributed by atoms with van der Waals surface area (Å²) < 4.78 is 13.0. The van der Waals surface area contributed by atoms with Crippen LogP contribution in [0.2, 0.25) is 0 Å². The fourth-order valence-electron chi connectivity index (χ4n) is 7.37. The van der Waals surface area contributed by atoms with Gasteiger partial charge in [0, 0.05) is 23.1 Å². The van der Waals surface area contributed by atoms with Crippen molar-refractivity contribution < 1.29 is 33.8 Å². The largest absolute Gasteiger partial charge is 0.460 e. The van der Waals surface area contributed by atoms with Crippen LogP contribution in [-0.2, 0) is 28.7 Å². The molecule has 0 unspecified atom stereocenters. The van der Waals surface area contributed by atoms with Crippen molar-refractivity contribution in [2.24, 2.45) is 17.8 Å². The molecule has 2 N–H and O–H groups in total. The van der Waals surface area contributed by atoms with Gasteiger partial charge in [0.15, 0.2) is 0 Å². The van der Waals surface area contributed by atoms with E-state index in [1.165, 1.54) is 4.90 Å². The molecule has 5 bridgehead atoms. The third-order valence-corrected chi connectivity index (χ3v) is 10.6. The second-order valence-electron chi connectivity index (χ2n) is 12.8. The van der Waals surface area contributed by atoms with Crippen molar-refractivity contribution in [3.63, 3.8) is 0 Å². The van der Waals surface area contributed by atoms with E-state index in [4.69, 9.17) is 9.47 Å². The Kier molecular flexibility index (Phi) is 9.11. The van der Waals surface area contributed by atoms with Crippen LogP contribution in [0.4, 0.5) is 5.69 Å². The zero-order valence-corrected chi connectivity index (χ0v) is 27.8. The van der Waals surface area contributed by atoms with E-state index in [1.807, 2.05) is 68.5 Å². The normalized spacial score (nSPS) is 32.2. The summed E-state index contributed by atoms with van der Waals surface area (Å²) in [5, 5.41) is 15.5. The van der Waals surface area contributed by atoms with Crippen LogP contribution in [0, 0.1) is 17.8 Å². The van der Waals surface area contributed by atoms with E-state index in [9.17, 15) is 19.5 Å². The molecule has 6 rings (SSSR count). The summed E-state index contributed by atoms with van der Waals surface area (Å²) in [5.41, 5.74) is -0.840. The quantitative estimate of drug-likeness (QED) is 0.360. The fourth-order valence-corrected chi connectivity index (χ4v) is 8.10. The number of cyclic esters (lactones) is 1. The van der Waals surface area contributed by atoms with Crippen LogP contribution in [0.25, 0.3) is 10.8 Å². The highest BCUT2D eigenvalue weighted by atomic mass is 79.9. The molecule has 46 heavy (non-hydrogen) atoms. The summed E-state index contributed by atoms with van der Waals surface area (Å²) in [7, 11) is 0. The van der Waals surface area contributed by atoms with Crippen molar-refractivity contribution in [3.05, 3.63) is 65.2 Å². The molecule has 3 amide bonds. The van der Waals surface area contributed by atoms with Crippen LogP contribution in [0.15, 0.2) is 65.2 Å². The molecule has 0 aliphatic carbocycles. The van der Waals surface area contributed by atoms with E-state index in [1.54, 1.807) is 17.9 Å². The van der Waals surface area contributed by atoms with E-state index >= 15 is 4.79 Å². The molecular weight excluding hydrogens is 654 g/mol. The van der Waals surface area contributed by atoms with E-state index in [0.717, 1.165) is 10.8 Å². The number of ether oxygens (including phenoxy) is 2. The smallest absolute Gasteiger partial charge is 0.313 e. The van der Waals surface area contributed by atoms with E-state index in [2.05, 4.69) is 21.2 Å². The molecule has 244 valence electrons. The van der Waals surface area contributed by atoms with Gasteiger partial charge in [-0.3, -0.25) is 19.2 Å². The van der Waals surface area contributed by atoms with Crippen LogP contribution in [0.3, 0.4) is 0 Å². The number of halogens is 1. The molecule has 1 spiro atoms. The van der Waals surface area contributed by atoms with Gasteiger partial charge >= 0.3 is 5.97 Å². The zero-order valence-electron chi connectivity index (χ0n) is 26.2. The molecule has 11 heteroatoms. The number of nitrogens with zero attached hydrogens (tertiary/aromatic N) is 2. The van der Waals surface area contributed by atoms with Gasteiger partial charge in [0.1, 0.15) is 29.8 Å². The first kappa shape index (κ1) is 32.4. The van der Waals surface area contributed by atoms with Crippen molar-refractivity contribution in [1.82, 2.24) is 10.2 Å². The van der Waals surface area contributed by atoms with Gasteiger partial charge < -0.3 is 29.7 Å². The van der Waals surface area contributed by atoms with E-state index in [-0.39, 0.29) is 43.8 Å².